The van der Waals surface area contributed by atoms with Gasteiger partial charge in [-0.1, -0.05) is 0 Å². The van der Waals surface area contributed by atoms with E-state index >= 15 is 0 Å². The Morgan fingerprint density at radius 1 is 1.26 bits per heavy atom. The molecule has 0 atom stereocenters. The van der Waals surface area contributed by atoms with Gasteiger partial charge in [-0.15, -0.1) is 0 Å². The first-order chi connectivity index (χ1) is 9.15. The first-order valence-corrected chi connectivity index (χ1v) is 6.95. The Kier molecular flexibility index (Phi) is 7.76. The molecule has 0 unspecified atom stereocenters. The molecule has 1 N–H and O–H groups in total. The molecule has 1 rings (SSSR count). The molecule has 0 radical (unpaired) electrons. The second kappa shape index (κ2) is 9.11. The molecule has 0 spiro atoms. The average Bonchev–Trinajstić information content (AvgIpc) is 2.39. The van der Waals surface area contributed by atoms with Gasteiger partial charge in [-0.25, -0.2) is 4.79 Å². The molecule has 0 heterocycles. The highest BCUT2D eigenvalue weighted by Gasteiger charge is 2.07. The van der Waals surface area contributed by atoms with Crippen LogP contribution in [0.25, 0.3) is 0 Å². The Morgan fingerprint density at radius 3 is 2.74 bits per heavy atom. The van der Waals surface area contributed by atoms with Crippen LogP contribution >= 0.6 is 22.6 Å². The van der Waals surface area contributed by atoms with E-state index in [-0.39, 0.29) is 5.56 Å². The summed E-state index contributed by atoms with van der Waals surface area (Å²) in [4.78, 5) is 10.8. The summed E-state index contributed by atoms with van der Waals surface area (Å²) in [5.74, 6) is -0.391. The van der Waals surface area contributed by atoms with Crippen molar-refractivity contribution in [3.8, 4) is 5.75 Å². The number of benzene rings is 1. The fourth-order valence-corrected chi connectivity index (χ4v) is 1.86. The molecule has 6 heteroatoms. The third kappa shape index (κ3) is 6.22. The molecule has 0 saturated carbocycles. The van der Waals surface area contributed by atoms with Crippen molar-refractivity contribution in [3.63, 3.8) is 0 Å². The number of hydrogen-bond donors (Lipinski definition) is 1. The van der Waals surface area contributed by atoms with Crippen molar-refractivity contribution in [2.75, 3.05) is 33.5 Å². The van der Waals surface area contributed by atoms with Crippen LogP contribution in [0.1, 0.15) is 16.8 Å². The van der Waals surface area contributed by atoms with Gasteiger partial charge in [-0.3, -0.25) is 0 Å². The fourth-order valence-electron chi connectivity index (χ4n) is 1.36. The number of rotatable bonds is 9. The van der Waals surface area contributed by atoms with Crippen LogP contribution in [0, 0.1) is 3.57 Å². The summed E-state index contributed by atoms with van der Waals surface area (Å²) in [6.45, 7) is 2.17. The Bertz CT molecular complexity index is 408. The smallest absolute Gasteiger partial charge is 0.335 e. The van der Waals surface area contributed by atoms with Gasteiger partial charge in [0, 0.05) is 20.3 Å². The molecule has 106 valence electrons. The highest BCUT2D eigenvalue weighted by molar-refractivity contribution is 14.1. The molecule has 0 bridgehead atoms. The summed E-state index contributed by atoms with van der Waals surface area (Å²) in [5, 5.41) is 8.90. The van der Waals surface area contributed by atoms with Gasteiger partial charge in [0.15, 0.2) is 0 Å². The lowest BCUT2D eigenvalue weighted by molar-refractivity contribution is 0.0695. The first kappa shape index (κ1) is 16.2. The average molecular weight is 380 g/mol. The van der Waals surface area contributed by atoms with Crippen molar-refractivity contribution < 1.29 is 24.1 Å². The summed E-state index contributed by atoms with van der Waals surface area (Å²) in [5.41, 5.74) is 0.219. The van der Waals surface area contributed by atoms with E-state index in [0.717, 1.165) is 9.99 Å². The second-order valence-corrected chi connectivity index (χ2v) is 4.92. The van der Waals surface area contributed by atoms with Crippen LogP contribution in [0.4, 0.5) is 0 Å². The summed E-state index contributed by atoms with van der Waals surface area (Å²) in [6, 6.07) is 4.80. The summed E-state index contributed by atoms with van der Waals surface area (Å²) in [7, 11) is 1.65. The Balaban J connectivity index is 2.32. The lowest BCUT2D eigenvalue weighted by Gasteiger charge is -2.09. The number of aromatic carboxylic acids is 1. The Labute approximate surface area is 126 Å². The number of carboxylic acids is 1. The van der Waals surface area contributed by atoms with Crippen LogP contribution in [-0.2, 0) is 9.47 Å². The molecular weight excluding hydrogens is 363 g/mol. The maximum atomic E-state index is 10.8. The second-order valence-electron chi connectivity index (χ2n) is 3.76. The zero-order valence-electron chi connectivity index (χ0n) is 10.7. The molecule has 0 aliphatic carbocycles. The number of methoxy groups -OCH3 is 1. The SMILES string of the molecule is COCCCOCCOc1cc(C(=O)O)ccc1I. The van der Waals surface area contributed by atoms with Gasteiger partial charge in [-0.05, 0) is 47.2 Å². The van der Waals surface area contributed by atoms with Gasteiger partial charge in [0.05, 0.1) is 15.7 Å². The number of carbonyl (C=O) groups is 1. The van der Waals surface area contributed by atoms with Crippen LogP contribution in [-0.4, -0.2) is 44.6 Å². The van der Waals surface area contributed by atoms with Crippen molar-refractivity contribution in [1.82, 2.24) is 0 Å². The molecule has 0 amide bonds. The highest BCUT2D eigenvalue weighted by atomic mass is 127. The van der Waals surface area contributed by atoms with Crippen molar-refractivity contribution in [3.05, 3.63) is 27.3 Å². The number of hydrogen-bond acceptors (Lipinski definition) is 4. The molecular formula is C13H17IO5. The lowest BCUT2D eigenvalue weighted by atomic mass is 10.2. The van der Waals surface area contributed by atoms with E-state index in [1.807, 2.05) is 0 Å². The Morgan fingerprint density at radius 2 is 2.05 bits per heavy atom. The summed E-state index contributed by atoms with van der Waals surface area (Å²) < 4.78 is 16.6. The molecule has 1 aromatic carbocycles. The predicted molar refractivity (Wildman–Crippen MR) is 78.9 cm³/mol. The number of ether oxygens (including phenoxy) is 3. The monoisotopic (exact) mass is 380 g/mol. The third-order valence-corrected chi connectivity index (χ3v) is 3.19. The normalized spacial score (nSPS) is 10.4. The minimum atomic E-state index is -0.961. The zero-order chi connectivity index (χ0) is 14.1. The van der Waals surface area contributed by atoms with Crippen LogP contribution in [0.5, 0.6) is 5.75 Å². The molecule has 19 heavy (non-hydrogen) atoms. The fraction of sp³-hybridized carbons (Fsp3) is 0.462. The predicted octanol–water partition coefficient (Wildman–Crippen LogP) is 2.42. The maximum absolute atomic E-state index is 10.8. The molecule has 5 nitrogen and oxygen atoms in total. The van der Waals surface area contributed by atoms with Gasteiger partial charge in [0.25, 0.3) is 0 Å². The number of carboxylic acid groups (broad SMARTS) is 1. The molecule has 0 aliphatic heterocycles. The van der Waals surface area contributed by atoms with Gasteiger partial charge >= 0.3 is 5.97 Å². The van der Waals surface area contributed by atoms with Gasteiger partial charge < -0.3 is 19.3 Å². The van der Waals surface area contributed by atoms with E-state index < -0.39 is 5.97 Å². The van der Waals surface area contributed by atoms with Gasteiger partial charge in [0.2, 0.25) is 0 Å². The van der Waals surface area contributed by atoms with E-state index in [2.05, 4.69) is 22.6 Å². The summed E-state index contributed by atoms with van der Waals surface area (Å²) in [6.07, 6.45) is 0.850. The van der Waals surface area contributed by atoms with Crippen LogP contribution < -0.4 is 4.74 Å². The molecule has 0 aromatic heterocycles. The van der Waals surface area contributed by atoms with Crippen molar-refractivity contribution in [1.29, 1.82) is 0 Å². The molecule has 0 saturated heterocycles. The van der Waals surface area contributed by atoms with Crippen molar-refractivity contribution >= 4 is 28.6 Å². The quantitative estimate of drug-likeness (QED) is 0.527. The van der Waals surface area contributed by atoms with Crippen LogP contribution in [0.2, 0.25) is 0 Å². The largest absolute Gasteiger partial charge is 0.490 e. The Hall–Kier alpha value is -0.860. The van der Waals surface area contributed by atoms with Gasteiger partial charge in [0.1, 0.15) is 12.4 Å². The standard InChI is InChI=1S/C13H17IO5/c1-17-5-2-6-18-7-8-19-12-9-10(13(15)16)3-4-11(12)14/h3-4,9H,2,5-8H2,1H3,(H,15,16). The van der Waals surface area contributed by atoms with Crippen molar-refractivity contribution in [2.24, 2.45) is 0 Å². The number of halogens is 1. The maximum Gasteiger partial charge on any atom is 0.335 e. The molecule has 0 fully saturated rings. The van der Waals surface area contributed by atoms with E-state index in [1.165, 1.54) is 6.07 Å². The van der Waals surface area contributed by atoms with E-state index in [0.29, 0.717) is 32.2 Å². The lowest BCUT2D eigenvalue weighted by Crippen LogP contribution is -2.09. The third-order valence-electron chi connectivity index (χ3n) is 2.30. The van der Waals surface area contributed by atoms with E-state index in [1.54, 1.807) is 19.2 Å². The summed E-state index contributed by atoms with van der Waals surface area (Å²) >= 11 is 2.10. The highest BCUT2D eigenvalue weighted by Crippen LogP contribution is 2.22. The van der Waals surface area contributed by atoms with E-state index in [4.69, 9.17) is 19.3 Å². The zero-order valence-corrected chi connectivity index (χ0v) is 12.9. The molecule has 0 aliphatic rings. The molecule has 1 aromatic rings. The van der Waals surface area contributed by atoms with E-state index in [9.17, 15) is 4.79 Å². The van der Waals surface area contributed by atoms with Gasteiger partial charge in [-0.2, -0.15) is 0 Å². The first-order valence-electron chi connectivity index (χ1n) is 5.87. The van der Waals surface area contributed by atoms with Crippen LogP contribution in [0.15, 0.2) is 18.2 Å². The van der Waals surface area contributed by atoms with Crippen molar-refractivity contribution in [2.45, 2.75) is 6.42 Å². The minimum Gasteiger partial charge on any atom is -0.490 e. The topological polar surface area (TPSA) is 65.0 Å². The minimum absolute atomic E-state index is 0.219. The van der Waals surface area contributed by atoms with Crippen LogP contribution in [0.3, 0.4) is 0 Å².